The Morgan fingerprint density at radius 3 is 1.18 bits per heavy atom. The van der Waals surface area contributed by atoms with Crippen molar-refractivity contribution in [3.8, 4) is 22.3 Å². The average molecular weight is 725 g/mol. The monoisotopic (exact) mass is 724 g/mol. The lowest BCUT2D eigenvalue weighted by molar-refractivity contribution is 0.346. The maximum atomic E-state index is 2.42. The summed E-state index contributed by atoms with van der Waals surface area (Å²) >= 11 is 0. The van der Waals surface area contributed by atoms with Crippen LogP contribution in [0.3, 0.4) is 0 Å². The molecule has 0 atom stereocenters. The Balaban J connectivity index is 1.04. The first-order valence-electron chi connectivity index (χ1n) is 20.3. The molecule has 274 valence electrons. The Morgan fingerprint density at radius 2 is 0.732 bits per heavy atom. The van der Waals surface area contributed by atoms with Crippen molar-refractivity contribution >= 4 is 28.4 Å². The van der Waals surface area contributed by atoms with Crippen LogP contribution >= 0.6 is 0 Å². The van der Waals surface area contributed by atoms with E-state index in [9.17, 15) is 0 Å². The highest BCUT2D eigenvalue weighted by Gasteiger charge is 2.36. The molecule has 0 saturated heterocycles. The van der Waals surface area contributed by atoms with E-state index in [0.717, 1.165) is 42.7 Å². The topological polar surface area (TPSA) is 6.48 Å². The molecule has 7 aromatic rings. The first-order valence-corrected chi connectivity index (χ1v) is 20.3. The molecule has 0 aromatic heterocycles. The van der Waals surface area contributed by atoms with Gasteiger partial charge in [0.2, 0.25) is 0 Å². The minimum atomic E-state index is -0.0175. The van der Waals surface area contributed by atoms with Crippen LogP contribution in [0.15, 0.2) is 212 Å². The second kappa shape index (κ2) is 16.2. The highest BCUT2D eigenvalue weighted by molar-refractivity contribution is 5.79. The van der Waals surface area contributed by atoms with E-state index in [2.05, 4.69) is 216 Å². The van der Waals surface area contributed by atoms with Crippen molar-refractivity contribution in [1.29, 1.82) is 0 Å². The Bertz CT molecular complexity index is 2390. The van der Waals surface area contributed by atoms with E-state index in [1.807, 2.05) is 0 Å². The fourth-order valence-electron chi connectivity index (χ4n) is 8.86. The third-order valence-electron chi connectivity index (χ3n) is 11.8. The highest BCUT2D eigenvalue weighted by Crippen LogP contribution is 2.47. The van der Waals surface area contributed by atoms with E-state index in [1.165, 1.54) is 69.7 Å². The molecule has 7 aromatic carbocycles. The van der Waals surface area contributed by atoms with Crippen molar-refractivity contribution in [3.63, 3.8) is 0 Å². The summed E-state index contributed by atoms with van der Waals surface area (Å²) in [4.78, 5) is 4.79. The molecule has 2 heteroatoms. The van der Waals surface area contributed by atoms with Crippen molar-refractivity contribution in [2.45, 2.75) is 50.4 Å². The summed E-state index contributed by atoms with van der Waals surface area (Å²) in [5.74, 6) is 0. The van der Waals surface area contributed by atoms with Crippen molar-refractivity contribution in [2.24, 2.45) is 0 Å². The smallest absolute Gasteiger partial charge is 0.0462 e. The average Bonchev–Trinajstić information content (AvgIpc) is 3.29. The summed E-state index contributed by atoms with van der Waals surface area (Å²) in [6.07, 6.45) is 15.2. The molecule has 56 heavy (non-hydrogen) atoms. The summed E-state index contributed by atoms with van der Waals surface area (Å²) in [6.45, 7) is 0. The number of allylic oxidation sites excluding steroid dienone is 3. The molecule has 0 aliphatic heterocycles. The third kappa shape index (κ3) is 7.23. The first kappa shape index (κ1) is 35.3. The number of benzene rings is 7. The van der Waals surface area contributed by atoms with Gasteiger partial charge in [-0.2, -0.15) is 0 Å². The lowest BCUT2D eigenvalue weighted by Gasteiger charge is -2.39. The normalized spacial score (nSPS) is 14.8. The SMILES string of the molecule is C1=CC(N(c2ccc(-c3ccccc3)cc2)c2ccc(C3(c4ccc(N(c5ccccc5)c5ccc(-c6ccccc6)cc5)cc4)CCCCC3)cc2)=CCC1. The number of rotatable bonds is 10. The minimum Gasteiger partial charge on any atom is -0.311 e. The summed E-state index contributed by atoms with van der Waals surface area (Å²) in [5.41, 5.74) is 14.8. The number of hydrogen-bond donors (Lipinski definition) is 0. The molecular weight excluding hydrogens is 677 g/mol. The summed E-state index contributed by atoms with van der Waals surface area (Å²) in [5, 5.41) is 0. The van der Waals surface area contributed by atoms with Crippen LogP contribution in [-0.2, 0) is 5.41 Å². The summed E-state index contributed by atoms with van der Waals surface area (Å²) < 4.78 is 0. The van der Waals surface area contributed by atoms with Gasteiger partial charge in [0.15, 0.2) is 0 Å². The first-order chi connectivity index (χ1) is 27.7. The van der Waals surface area contributed by atoms with Gasteiger partial charge in [0, 0.05) is 39.5 Å². The third-order valence-corrected chi connectivity index (χ3v) is 11.8. The van der Waals surface area contributed by atoms with Crippen LogP contribution in [-0.4, -0.2) is 0 Å². The molecule has 1 fully saturated rings. The van der Waals surface area contributed by atoms with Crippen LogP contribution in [0.1, 0.15) is 56.1 Å². The van der Waals surface area contributed by atoms with Gasteiger partial charge in [-0.1, -0.05) is 159 Å². The number of para-hydroxylation sites is 1. The second-order valence-electron chi connectivity index (χ2n) is 15.2. The molecule has 2 aliphatic rings. The Kier molecular flexibility index (Phi) is 10.2. The largest absolute Gasteiger partial charge is 0.311 e. The van der Waals surface area contributed by atoms with E-state index in [1.54, 1.807) is 0 Å². The van der Waals surface area contributed by atoms with Crippen LogP contribution in [0.4, 0.5) is 28.4 Å². The van der Waals surface area contributed by atoms with Gasteiger partial charge in [-0.15, -0.1) is 0 Å². The zero-order valence-electron chi connectivity index (χ0n) is 32.0. The van der Waals surface area contributed by atoms with Gasteiger partial charge in [-0.05, 0) is 126 Å². The lowest BCUT2D eigenvalue weighted by atomic mass is 9.65. The summed E-state index contributed by atoms with van der Waals surface area (Å²) in [6, 6.07) is 69.0. The molecule has 2 nitrogen and oxygen atoms in total. The quantitative estimate of drug-likeness (QED) is 0.139. The molecule has 0 amide bonds. The van der Waals surface area contributed by atoms with Crippen molar-refractivity contribution in [3.05, 3.63) is 223 Å². The van der Waals surface area contributed by atoms with E-state index in [4.69, 9.17) is 0 Å². The molecule has 0 spiro atoms. The van der Waals surface area contributed by atoms with Crippen LogP contribution in [0, 0.1) is 0 Å². The van der Waals surface area contributed by atoms with Crippen molar-refractivity contribution in [1.82, 2.24) is 0 Å². The Morgan fingerprint density at radius 1 is 0.339 bits per heavy atom. The van der Waals surface area contributed by atoms with Gasteiger partial charge in [0.05, 0.1) is 0 Å². The molecule has 0 radical (unpaired) electrons. The maximum Gasteiger partial charge on any atom is 0.0462 e. The summed E-state index contributed by atoms with van der Waals surface area (Å²) in [7, 11) is 0. The predicted octanol–water partition coefficient (Wildman–Crippen LogP) is 15.1. The van der Waals surface area contributed by atoms with Gasteiger partial charge in [-0.25, -0.2) is 0 Å². The van der Waals surface area contributed by atoms with E-state index in [0.29, 0.717) is 0 Å². The van der Waals surface area contributed by atoms with Gasteiger partial charge >= 0.3 is 0 Å². The van der Waals surface area contributed by atoms with Gasteiger partial charge < -0.3 is 9.80 Å². The van der Waals surface area contributed by atoms with E-state index < -0.39 is 0 Å². The Hall–Kier alpha value is -6.38. The zero-order chi connectivity index (χ0) is 37.6. The molecule has 0 unspecified atom stereocenters. The van der Waals surface area contributed by atoms with E-state index >= 15 is 0 Å². The molecule has 0 heterocycles. The van der Waals surface area contributed by atoms with Crippen LogP contribution < -0.4 is 9.80 Å². The second-order valence-corrected chi connectivity index (χ2v) is 15.2. The van der Waals surface area contributed by atoms with Crippen molar-refractivity contribution in [2.75, 3.05) is 9.80 Å². The Labute approximate surface area is 332 Å². The molecule has 2 aliphatic carbocycles. The number of nitrogens with zero attached hydrogens (tertiary/aromatic N) is 2. The molecule has 9 rings (SSSR count). The molecular formula is C54H48N2. The maximum absolute atomic E-state index is 2.42. The van der Waals surface area contributed by atoms with E-state index in [-0.39, 0.29) is 5.41 Å². The standard InChI is InChI=1S/C54H48N2/c1-6-16-42(17-7-1)44-24-32-50(33-25-44)55(48-20-10-3-11-21-48)52-36-28-46(29-37-52)54(40-14-5-15-41-54)47-30-38-53(39-31-47)56(49-22-12-4-13-23-49)51-34-26-45(27-35-51)43-18-8-2-9-19-43/h1-3,6-12,16-39H,4-5,13-15,40-41H2. The zero-order valence-corrected chi connectivity index (χ0v) is 32.0. The molecule has 0 bridgehead atoms. The fourth-order valence-corrected chi connectivity index (χ4v) is 8.86. The van der Waals surface area contributed by atoms with Crippen LogP contribution in [0.2, 0.25) is 0 Å². The lowest BCUT2D eigenvalue weighted by Crippen LogP contribution is -2.30. The predicted molar refractivity (Wildman–Crippen MR) is 237 cm³/mol. The van der Waals surface area contributed by atoms with Gasteiger partial charge in [0.1, 0.15) is 0 Å². The molecule has 0 N–H and O–H groups in total. The van der Waals surface area contributed by atoms with Gasteiger partial charge in [-0.3, -0.25) is 0 Å². The fraction of sp³-hybridized carbons (Fsp3) is 0.148. The highest BCUT2D eigenvalue weighted by atomic mass is 15.1. The molecule has 1 saturated carbocycles. The van der Waals surface area contributed by atoms with Crippen LogP contribution in [0.5, 0.6) is 0 Å². The van der Waals surface area contributed by atoms with Gasteiger partial charge in [0.25, 0.3) is 0 Å². The van der Waals surface area contributed by atoms with Crippen molar-refractivity contribution < 1.29 is 0 Å². The number of anilines is 5. The van der Waals surface area contributed by atoms with Crippen LogP contribution in [0.25, 0.3) is 22.3 Å². The number of hydrogen-bond acceptors (Lipinski definition) is 2. The minimum absolute atomic E-state index is 0.0175.